The highest BCUT2D eigenvalue weighted by Gasteiger charge is 2.28. The number of aliphatic hydroxyl groups excluding tert-OH is 1. The molecule has 2 saturated heterocycles. The first-order valence-corrected chi connectivity index (χ1v) is 9.06. The maximum Gasteiger partial charge on any atom is 0.236 e. The Labute approximate surface area is 144 Å². The number of amides is 1. The van der Waals surface area contributed by atoms with Crippen LogP contribution in [0.4, 0.5) is 0 Å². The second-order valence-electron chi connectivity index (χ2n) is 7.10. The van der Waals surface area contributed by atoms with E-state index in [4.69, 9.17) is 0 Å². The number of rotatable bonds is 5. The fourth-order valence-corrected chi connectivity index (χ4v) is 3.81. The minimum Gasteiger partial charge on any atom is -0.395 e. The maximum atomic E-state index is 12.5. The zero-order chi connectivity index (χ0) is 16.9. The first-order valence-electron chi connectivity index (χ1n) is 9.06. The van der Waals surface area contributed by atoms with Gasteiger partial charge in [0.05, 0.1) is 13.2 Å². The van der Waals surface area contributed by atoms with Crippen LogP contribution in [0.1, 0.15) is 24.0 Å². The number of benzene rings is 1. The number of nitrogens with zero attached hydrogens (tertiary/aromatic N) is 3. The zero-order valence-electron chi connectivity index (χ0n) is 14.7. The quantitative estimate of drug-likeness (QED) is 0.878. The van der Waals surface area contributed by atoms with Crippen molar-refractivity contribution in [3.8, 4) is 0 Å². The van der Waals surface area contributed by atoms with Crippen LogP contribution in [-0.4, -0.2) is 77.6 Å². The van der Waals surface area contributed by atoms with E-state index in [1.165, 1.54) is 11.1 Å². The zero-order valence-corrected chi connectivity index (χ0v) is 14.7. The molecular formula is C19H29N3O2. The second kappa shape index (κ2) is 8.10. The highest BCUT2D eigenvalue weighted by Crippen LogP contribution is 2.17. The molecule has 1 N–H and O–H groups in total. The number of carbonyl (C=O) groups is 1. The molecule has 2 aliphatic rings. The first kappa shape index (κ1) is 17.4. The summed E-state index contributed by atoms with van der Waals surface area (Å²) in [5, 5.41) is 9.38. The van der Waals surface area contributed by atoms with E-state index in [2.05, 4.69) is 41.0 Å². The summed E-state index contributed by atoms with van der Waals surface area (Å²) < 4.78 is 0. The van der Waals surface area contributed by atoms with Gasteiger partial charge in [-0.05, 0) is 31.9 Å². The van der Waals surface area contributed by atoms with Crippen LogP contribution in [0.2, 0.25) is 0 Å². The van der Waals surface area contributed by atoms with Crippen molar-refractivity contribution in [2.75, 3.05) is 45.9 Å². The van der Waals surface area contributed by atoms with Crippen molar-refractivity contribution in [3.63, 3.8) is 0 Å². The molecule has 0 radical (unpaired) electrons. The number of hydrogen-bond acceptors (Lipinski definition) is 4. The average Bonchev–Trinajstić information content (AvgIpc) is 3.02. The van der Waals surface area contributed by atoms with Crippen molar-refractivity contribution in [3.05, 3.63) is 35.4 Å². The van der Waals surface area contributed by atoms with E-state index in [0.717, 1.165) is 52.1 Å². The predicted octanol–water partition coefficient (Wildman–Crippen LogP) is 1.10. The molecule has 1 aromatic rings. The molecule has 1 amide bonds. The molecule has 3 rings (SSSR count). The summed E-state index contributed by atoms with van der Waals surface area (Å²) >= 11 is 0. The molecule has 2 aliphatic heterocycles. The van der Waals surface area contributed by atoms with Gasteiger partial charge < -0.3 is 10.0 Å². The molecule has 0 aliphatic carbocycles. The molecule has 0 saturated carbocycles. The molecule has 1 aromatic carbocycles. The van der Waals surface area contributed by atoms with Crippen LogP contribution in [0.5, 0.6) is 0 Å². The Hall–Kier alpha value is -1.43. The lowest BCUT2D eigenvalue weighted by Gasteiger charge is -2.36. The molecule has 0 bridgehead atoms. The number of aryl methyl sites for hydroxylation is 1. The molecule has 1 atom stereocenters. The van der Waals surface area contributed by atoms with Crippen molar-refractivity contribution >= 4 is 5.91 Å². The van der Waals surface area contributed by atoms with Crippen LogP contribution in [0.25, 0.3) is 0 Å². The van der Waals surface area contributed by atoms with Crippen LogP contribution in [-0.2, 0) is 11.3 Å². The second-order valence-corrected chi connectivity index (χ2v) is 7.10. The molecule has 0 unspecified atom stereocenters. The summed E-state index contributed by atoms with van der Waals surface area (Å²) in [6.07, 6.45) is 2.09. The van der Waals surface area contributed by atoms with Gasteiger partial charge in [-0.2, -0.15) is 0 Å². The van der Waals surface area contributed by atoms with E-state index in [-0.39, 0.29) is 18.6 Å². The smallest absolute Gasteiger partial charge is 0.236 e. The van der Waals surface area contributed by atoms with E-state index in [9.17, 15) is 9.90 Å². The third-order valence-corrected chi connectivity index (χ3v) is 5.26. The van der Waals surface area contributed by atoms with Crippen LogP contribution < -0.4 is 0 Å². The monoisotopic (exact) mass is 331 g/mol. The molecule has 5 heteroatoms. The summed E-state index contributed by atoms with van der Waals surface area (Å²) in [5.41, 5.74) is 2.64. The Morgan fingerprint density at radius 1 is 1.21 bits per heavy atom. The van der Waals surface area contributed by atoms with Gasteiger partial charge in [-0.15, -0.1) is 0 Å². The Kier molecular flexibility index (Phi) is 5.87. The number of carbonyl (C=O) groups excluding carboxylic acids is 1. The van der Waals surface area contributed by atoms with Crippen LogP contribution in [0.15, 0.2) is 24.3 Å². The summed E-state index contributed by atoms with van der Waals surface area (Å²) in [5.74, 6) is 0.213. The molecule has 0 aromatic heterocycles. The summed E-state index contributed by atoms with van der Waals surface area (Å²) in [6.45, 7) is 8.13. The van der Waals surface area contributed by atoms with E-state index in [0.29, 0.717) is 6.54 Å². The molecule has 132 valence electrons. The molecular weight excluding hydrogens is 302 g/mol. The fourth-order valence-electron chi connectivity index (χ4n) is 3.81. The Morgan fingerprint density at radius 3 is 2.71 bits per heavy atom. The minimum atomic E-state index is 0.164. The van der Waals surface area contributed by atoms with Gasteiger partial charge >= 0.3 is 0 Å². The maximum absolute atomic E-state index is 12.5. The standard InChI is InChI=1S/C19H29N3O2/c1-16-4-2-5-17(12-16)13-20-8-10-21(11-9-20)19(24)14-22-7-3-6-18(22)15-23/h2,4-5,12,18,23H,3,6-11,13-15H2,1H3/t18-/m1/s1. The fraction of sp³-hybridized carbons (Fsp3) is 0.632. The van der Waals surface area contributed by atoms with E-state index >= 15 is 0 Å². The molecule has 24 heavy (non-hydrogen) atoms. The summed E-state index contributed by atoms with van der Waals surface area (Å²) in [4.78, 5) is 19.1. The number of piperazine rings is 1. The third kappa shape index (κ3) is 4.35. The van der Waals surface area contributed by atoms with Gasteiger partial charge in [-0.1, -0.05) is 29.8 Å². The van der Waals surface area contributed by atoms with E-state index < -0.39 is 0 Å². The van der Waals surface area contributed by atoms with Gasteiger partial charge in [0.15, 0.2) is 0 Å². The van der Waals surface area contributed by atoms with Crippen molar-refractivity contribution < 1.29 is 9.90 Å². The van der Waals surface area contributed by atoms with E-state index in [1.54, 1.807) is 0 Å². The predicted molar refractivity (Wildman–Crippen MR) is 94.7 cm³/mol. The number of aliphatic hydroxyl groups is 1. The summed E-state index contributed by atoms with van der Waals surface area (Å²) in [7, 11) is 0. The molecule has 2 heterocycles. The topological polar surface area (TPSA) is 47.0 Å². The van der Waals surface area contributed by atoms with Gasteiger partial charge in [0, 0.05) is 38.8 Å². The molecule has 0 spiro atoms. The Morgan fingerprint density at radius 2 is 2.00 bits per heavy atom. The largest absolute Gasteiger partial charge is 0.395 e. The van der Waals surface area contributed by atoms with Crippen molar-refractivity contribution in [2.45, 2.75) is 32.4 Å². The number of likely N-dealkylation sites (tertiary alicyclic amines) is 1. The normalized spacial score (nSPS) is 22.9. The highest BCUT2D eigenvalue weighted by atomic mass is 16.3. The van der Waals surface area contributed by atoms with Gasteiger partial charge in [-0.25, -0.2) is 0 Å². The van der Waals surface area contributed by atoms with Gasteiger partial charge in [0.2, 0.25) is 5.91 Å². The van der Waals surface area contributed by atoms with Crippen molar-refractivity contribution in [1.82, 2.24) is 14.7 Å². The first-order chi connectivity index (χ1) is 11.7. The average molecular weight is 331 g/mol. The van der Waals surface area contributed by atoms with Crippen LogP contribution in [0.3, 0.4) is 0 Å². The van der Waals surface area contributed by atoms with Gasteiger partial charge in [0.25, 0.3) is 0 Å². The lowest BCUT2D eigenvalue weighted by atomic mass is 10.1. The lowest BCUT2D eigenvalue weighted by Crippen LogP contribution is -2.51. The Bertz CT molecular complexity index is 555. The summed E-state index contributed by atoms with van der Waals surface area (Å²) in [6, 6.07) is 8.82. The highest BCUT2D eigenvalue weighted by molar-refractivity contribution is 5.78. The van der Waals surface area contributed by atoms with Crippen LogP contribution in [0, 0.1) is 6.92 Å². The lowest BCUT2D eigenvalue weighted by molar-refractivity contribution is -0.134. The Balaban J connectivity index is 1.45. The van der Waals surface area contributed by atoms with E-state index in [1.807, 2.05) is 4.90 Å². The van der Waals surface area contributed by atoms with Crippen molar-refractivity contribution in [1.29, 1.82) is 0 Å². The van der Waals surface area contributed by atoms with Crippen molar-refractivity contribution in [2.24, 2.45) is 0 Å². The molecule has 2 fully saturated rings. The third-order valence-electron chi connectivity index (χ3n) is 5.26. The van der Waals surface area contributed by atoms with Crippen LogP contribution >= 0.6 is 0 Å². The SMILES string of the molecule is Cc1cccc(CN2CCN(C(=O)CN3CCC[C@@H]3CO)CC2)c1. The molecule has 5 nitrogen and oxygen atoms in total. The minimum absolute atomic E-state index is 0.164. The number of hydrogen-bond donors (Lipinski definition) is 1. The van der Waals surface area contributed by atoms with Gasteiger partial charge in [0.1, 0.15) is 0 Å². The van der Waals surface area contributed by atoms with Gasteiger partial charge in [-0.3, -0.25) is 14.6 Å².